The lowest BCUT2D eigenvalue weighted by atomic mass is 9.97. The van der Waals surface area contributed by atoms with Crippen LogP contribution in [0.25, 0.3) is 0 Å². The highest BCUT2D eigenvalue weighted by Gasteiger charge is 2.60. The van der Waals surface area contributed by atoms with Crippen LogP contribution in [0.4, 0.5) is 0 Å². The predicted molar refractivity (Wildman–Crippen MR) is 68.3 cm³/mol. The van der Waals surface area contributed by atoms with E-state index in [9.17, 15) is 20.1 Å². The summed E-state index contributed by atoms with van der Waals surface area (Å²) in [6.07, 6.45) is 0.469. The predicted octanol–water partition coefficient (Wildman–Crippen LogP) is 2.00. The van der Waals surface area contributed by atoms with Crippen molar-refractivity contribution >= 4 is 5.78 Å². The molecule has 1 aliphatic rings. The second-order valence-corrected chi connectivity index (χ2v) is 4.86. The normalized spacial score (nSPS) is 25.0. The van der Waals surface area contributed by atoms with Crippen LogP contribution < -0.4 is 0 Å². The molecule has 0 radical (unpaired) electrons. The minimum atomic E-state index is -0.723. The molecule has 3 N–H and O–H groups in total. The average molecular weight is 264 g/mol. The van der Waals surface area contributed by atoms with Crippen LogP contribution in [0.1, 0.15) is 16.8 Å². The minimum absolute atomic E-state index is 0.0595. The number of aliphatic hydroxyl groups excluding tert-OH is 1. The zero-order valence-electron chi connectivity index (χ0n) is 10.6. The van der Waals surface area contributed by atoms with Gasteiger partial charge in [0.15, 0.2) is 17.3 Å². The summed E-state index contributed by atoms with van der Waals surface area (Å²) in [5.41, 5.74) is -0.432. The molecule has 1 aromatic rings. The number of hydrogen-bond donors (Lipinski definition) is 3. The van der Waals surface area contributed by atoms with Crippen molar-refractivity contribution in [1.82, 2.24) is 0 Å². The maximum absolute atomic E-state index is 12.3. The standard InChI is InChI=1S/C14H16O5/c1-8(15)14(7-19-2)6-10(14)13(18)9-3-4-11(16)12(17)5-9/h3-5,10,15-17H,1,6-7H2,2H3. The summed E-state index contributed by atoms with van der Waals surface area (Å²) in [6.45, 7) is 3.72. The van der Waals surface area contributed by atoms with E-state index >= 15 is 0 Å². The number of phenolic OH excluding ortho intramolecular Hbond substituents is 2. The smallest absolute Gasteiger partial charge is 0.167 e. The quantitative estimate of drug-likeness (QED) is 0.430. The SMILES string of the molecule is C=C(O)C1(COC)CC1C(=O)c1ccc(O)c(O)c1. The molecule has 102 valence electrons. The lowest BCUT2D eigenvalue weighted by molar-refractivity contribution is 0.0880. The second kappa shape index (κ2) is 4.59. The number of phenols is 2. The highest BCUT2D eigenvalue weighted by atomic mass is 16.5. The molecule has 0 saturated heterocycles. The number of ketones is 1. The molecule has 5 nitrogen and oxygen atoms in total. The van der Waals surface area contributed by atoms with Crippen molar-refractivity contribution in [1.29, 1.82) is 0 Å². The number of hydrogen-bond acceptors (Lipinski definition) is 5. The fourth-order valence-electron chi connectivity index (χ4n) is 2.35. The van der Waals surface area contributed by atoms with Crippen LogP contribution in [-0.4, -0.2) is 34.8 Å². The van der Waals surface area contributed by atoms with E-state index in [0.29, 0.717) is 12.0 Å². The molecule has 0 aliphatic heterocycles. The van der Waals surface area contributed by atoms with Gasteiger partial charge in [-0.1, -0.05) is 6.58 Å². The third-order valence-corrected chi connectivity index (χ3v) is 3.63. The van der Waals surface area contributed by atoms with Gasteiger partial charge in [-0.05, 0) is 24.6 Å². The van der Waals surface area contributed by atoms with Crippen LogP contribution in [0.2, 0.25) is 0 Å². The fourth-order valence-corrected chi connectivity index (χ4v) is 2.35. The van der Waals surface area contributed by atoms with Crippen molar-refractivity contribution in [3.8, 4) is 11.5 Å². The van der Waals surface area contributed by atoms with Crippen molar-refractivity contribution in [3.63, 3.8) is 0 Å². The minimum Gasteiger partial charge on any atom is -0.512 e. The fraction of sp³-hybridized carbons (Fsp3) is 0.357. The van der Waals surface area contributed by atoms with Crippen molar-refractivity contribution in [2.45, 2.75) is 6.42 Å². The first kappa shape index (κ1) is 13.4. The lowest BCUT2D eigenvalue weighted by Gasteiger charge is -2.14. The van der Waals surface area contributed by atoms with Gasteiger partial charge in [-0.2, -0.15) is 0 Å². The van der Waals surface area contributed by atoms with Crippen LogP contribution in [0.3, 0.4) is 0 Å². The Morgan fingerprint density at radius 2 is 2.16 bits per heavy atom. The van der Waals surface area contributed by atoms with Gasteiger partial charge in [0.2, 0.25) is 0 Å². The molecule has 1 aliphatic carbocycles. The summed E-state index contributed by atoms with van der Waals surface area (Å²) < 4.78 is 5.03. The third-order valence-electron chi connectivity index (χ3n) is 3.63. The molecule has 1 fully saturated rings. The van der Waals surface area contributed by atoms with E-state index in [0.717, 1.165) is 0 Å². The molecular weight excluding hydrogens is 248 g/mol. The van der Waals surface area contributed by atoms with Gasteiger partial charge in [0.05, 0.1) is 17.8 Å². The molecule has 1 aromatic carbocycles. The highest BCUT2D eigenvalue weighted by molar-refractivity contribution is 6.01. The molecule has 1 saturated carbocycles. The van der Waals surface area contributed by atoms with Crippen LogP contribution in [0, 0.1) is 11.3 Å². The van der Waals surface area contributed by atoms with E-state index in [4.69, 9.17) is 4.74 Å². The molecule has 0 bridgehead atoms. The molecule has 19 heavy (non-hydrogen) atoms. The van der Waals surface area contributed by atoms with E-state index in [1.165, 1.54) is 25.3 Å². The maximum atomic E-state index is 12.3. The monoisotopic (exact) mass is 264 g/mol. The zero-order valence-corrected chi connectivity index (χ0v) is 10.6. The summed E-state index contributed by atoms with van der Waals surface area (Å²) in [4.78, 5) is 12.3. The molecular formula is C14H16O5. The number of ether oxygens (including phenoxy) is 1. The largest absolute Gasteiger partial charge is 0.512 e. The highest BCUT2D eigenvalue weighted by Crippen LogP contribution is 2.58. The van der Waals surface area contributed by atoms with Gasteiger partial charge in [0.1, 0.15) is 0 Å². The number of carbonyl (C=O) groups excluding carboxylic acids is 1. The van der Waals surface area contributed by atoms with E-state index in [1.807, 2.05) is 0 Å². The van der Waals surface area contributed by atoms with Crippen LogP contribution in [0.5, 0.6) is 11.5 Å². The zero-order chi connectivity index (χ0) is 14.2. The van der Waals surface area contributed by atoms with Gasteiger partial charge < -0.3 is 20.1 Å². The summed E-state index contributed by atoms with van der Waals surface area (Å²) in [5, 5.41) is 28.2. The Morgan fingerprint density at radius 3 is 2.68 bits per heavy atom. The molecule has 0 amide bonds. The van der Waals surface area contributed by atoms with Crippen molar-refractivity contribution in [2.24, 2.45) is 11.3 Å². The van der Waals surface area contributed by atoms with Gasteiger partial charge in [0.25, 0.3) is 0 Å². The van der Waals surface area contributed by atoms with Gasteiger partial charge in [-0.3, -0.25) is 4.79 Å². The summed E-state index contributed by atoms with van der Waals surface area (Å²) in [7, 11) is 1.50. The number of rotatable bonds is 5. The van der Waals surface area contributed by atoms with Gasteiger partial charge in [0, 0.05) is 18.6 Å². The van der Waals surface area contributed by atoms with Crippen LogP contribution in [0.15, 0.2) is 30.5 Å². The Kier molecular flexibility index (Phi) is 3.24. The first-order valence-corrected chi connectivity index (χ1v) is 5.86. The average Bonchev–Trinajstić information content (AvgIpc) is 3.08. The topological polar surface area (TPSA) is 87.0 Å². The number of carbonyl (C=O) groups is 1. The lowest BCUT2D eigenvalue weighted by Crippen LogP contribution is -2.18. The molecule has 2 unspecified atom stereocenters. The number of Topliss-reactive ketones (excluding diaryl/α,β-unsaturated/α-hetero) is 1. The molecule has 2 rings (SSSR count). The van der Waals surface area contributed by atoms with Crippen molar-refractivity contribution < 1.29 is 24.9 Å². The summed E-state index contributed by atoms with van der Waals surface area (Å²) in [6, 6.07) is 3.91. The second-order valence-electron chi connectivity index (χ2n) is 4.86. The number of methoxy groups -OCH3 is 1. The van der Waals surface area contributed by atoms with Crippen LogP contribution >= 0.6 is 0 Å². The van der Waals surface area contributed by atoms with E-state index in [-0.39, 0.29) is 29.6 Å². The van der Waals surface area contributed by atoms with Crippen molar-refractivity contribution in [3.05, 3.63) is 36.1 Å². The Balaban J connectivity index is 2.22. The Bertz CT molecular complexity index is 537. The molecule has 0 heterocycles. The first-order valence-electron chi connectivity index (χ1n) is 5.86. The Hall–Kier alpha value is -2.01. The maximum Gasteiger partial charge on any atom is 0.167 e. The van der Waals surface area contributed by atoms with E-state index in [1.54, 1.807) is 0 Å². The van der Waals surface area contributed by atoms with Gasteiger partial charge >= 0.3 is 0 Å². The first-order chi connectivity index (χ1) is 8.92. The third kappa shape index (κ3) is 2.17. The number of benzene rings is 1. The molecule has 2 atom stereocenters. The van der Waals surface area contributed by atoms with Crippen LogP contribution in [-0.2, 0) is 4.74 Å². The van der Waals surface area contributed by atoms with E-state index < -0.39 is 11.3 Å². The van der Waals surface area contributed by atoms with Gasteiger partial charge in [-0.25, -0.2) is 0 Å². The molecule has 5 heteroatoms. The van der Waals surface area contributed by atoms with Gasteiger partial charge in [-0.15, -0.1) is 0 Å². The number of aliphatic hydroxyl groups is 1. The summed E-state index contributed by atoms with van der Waals surface area (Å²) in [5.74, 6) is -1.29. The Morgan fingerprint density at radius 1 is 1.47 bits per heavy atom. The molecule has 0 aromatic heterocycles. The Labute approximate surface area is 110 Å². The van der Waals surface area contributed by atoms with Crippen molar-refractivity contribution in [2.75, 3.05) is 13.7 Å². The summed E-state index contributed by atoms with van der Waals surface area (Å²) >= 11 is 0. The number of aromatic hydroxyl groups is 2. The van der Waals surface area contributed by atoms with E-state index in [2.05, 4.69) is 6.58 Å². The molecule has 0 spiro atoms.